The average Bonchev–Trinajstić information content (AvgIpc) is 3.63. The van der Waals surface area contributed by atoms with E-state index in [1.165, 1.54) is 48.2 Å². The Balaban J connectivity index is 1.68. The van der Waals surface area contributed by atoms with Crippen molar-refractivity contribution in [3.8, 4) is 11.5 Å². The smallest absolute Gasteiger partial charge is 0.322 e. The molecule has 0 bridgehead atoms. The van der Waals surface area contributed by atoms with E-state index < -0.39 is 90.8 Å². The van der Waals surface area contributed by atoms with Gasteiger partial charge in [0.15, 0.2) is 0 Å². The second-order valence-corrected chi connectivity index (χ2v) is 13.4. The van der Waals surface area contributed by atoms with Crippen LogP contribution in [0.3, 0.4) is 0 Å². The number of aliphatic carboxylic acids is 1. The van der Waals surface area contributed by atoms with Gasteiger partial charge >= 0.3 is 5.97 Å². The number of carbonyl (C=O) groups excluding carboxylic acids is 6. The molecule has 1 saturated heterocycles. The summed E-state index contributed by atoms with van der Waals surface area (Å²) in [4.78, 5) is 91.7. The predicted octanol–water partition coefficient (Wildman–Crippen LogP) is -1.99. The number of carboxylic acids is 1. The van der Waals surface area contributed by atoms with E-state index >= 15 is 0 Å². The Morgan fingerprint density at radius 2 is 1.24 bits per heavy atom. The lowest BCUT2D eigenvalue weighted by atomic mass is 10.0. The summed E-state index contributed by atoms with van der Waals surface area (Å²) in [5.41, 5.74) is 7.08. The van der Waals surface area contributed by atoms with Gasteiger partial charge in [-0.05, 0) is 61.1 Å². The van der Waals surface area contributed by atoms with Crippen molar-refractivity contribution in [2.45, 2.75) is 82.7 Å². The number of nitrogens with two attached hydrogens (primary N) is 1. The Bertz CT molecular complexity index is 1650. The van der Waals surface area contributed by atoms with Crippen LogP contribution < -0.4 is 32.3 Å². The van der Waals surface area contributed by atoms with Crippen LogP contribution in [0.1, 0.15) is 44.7 Å². The van der Waals surface area contributed by atoms with Crippen molar-refractivity contribution in [1.29, 1.82) is 0 Å². The summed E-state index contributed by atoms with van der Waals surface area (Å²) in [6.07, 6.45) is 0.544. The topological polar surface area (TPSA) is 290 Å². The van der Waals surface area contributed by atoms with Gasteiger partial charge in [0.25, 0.3) is 0 Å². The number of carboxylic acid groups (broad SMARTS) is 1. The van der Waals surface area contributed by atoms with Crippen molar-refractivity contribution >= 4 is 41.4 Å². The van der Waals surface area contributed by atoms with Crippen LogP contribution >= 0.6 is 0 Å². The molecule has 294 valence electrons. The van der Waals surface area contributed by atoms with Crippen molar-refractivity contribution < 1.29 is 54.0 Å². The van der Waals surface area contributed by atoms with E-state index in [1.807, 2.05) is 0 Å². The number of aliphatic hydroxyl groups is 1. The largest absolute Gasteiger partial charge is 0.508 e. The van der Waals surface area contributed by atoms with Crippen LogP contribution in [0.4, 0.5) is 0 Å². The maximum Gasteiger partial charge on any atom is 0.322 e. The minimum atomic E-state index is -1.55. The summed E-state index contributed by atoms with van der Waals surface area (Å²) in [5.74, 6) is -6.08. The summed E-state index contributed by atoms with van der Waals surface area (Å²) in [5, 5.41) is 50.6. The number of hydrogen-bond donors (Lipinski definition) is 10. The molecule has 11 N–H and O–H groups in total. The zero-order valence-corrected chi connectivity index (χ0v) is 30.3. The molecule has 1 fully saturated rings. The average molecular weight is 756 g/mol. The van der Waals surface area contributed by atoms with Gasteiger partial charge in [-0.15, -0.1) is 0 Å². The molecule has 0 spiro atoms. The van der Waals surface area contributed by atoms with Gasteiger partial charge < -0.3 is 57.6 Å². The van der Waals surface area contributed by atoms with Crippen LogP contribution in [0, 0.1) is 5.92 Å². The molecule has 0 radical (unpaired) electrons. The van der Waals surface area contributed by atoms with Crippen molar-refractivity contribution in [3.63, 3.8) is 0 Å². The molecule has 54 heavy (non-hydrogen) atoms. The number of hydrogen-bond acceptors (Lipinski definition) is 11. The summed E-state index contributed by atoms with van der Waals surface area (Å²) >= 11 is 0. The highest BCUT2D eigenvalue weighted by molar-refractivity contribution is 5.97. The number of aromatic hydroxyl groups is 2. The van der Waals surface area contributed by atoms with Gasteiger partial charge in [-0.25, -0.2) is 0 Å². The molecule has 1 aliphatic heterocycles. The summed E-state index contributed by atoms with van der Waals surface area (Å²) in [7, 11) is 0. The van der Waals surface area contributed by atoms with Crippen molar-refractivity contribution in [2.24, 2.45) is 11.7 Å². The second-order valence-electron chi connectivity index (χ2n) is 13.4. The molecule has 2 aromatic rings. The van der Waals surface area contributed by atoms with E-state index in [1.54, 1.807) is 26.0 Å². The van der Waals surface area contributed by atoms with Gasteiger partial charge in [0, 0.05) is 19.4 Å². The third-order valence-corrected chi connectivity index (χ3v) is 8.84. The second kappa shape index (κ2) is 19.9. The Morgan fingerprint density at radius 1 is 0.741 bits per heavy atom. The Morgan fingerprint density at radius 3 is 1.74 bits per heavy atom. The van der Waals surface area contributed by atoms with Crippen LogP contribution in [-0.2, 0) is 46.4 Å². The number of amides is 6. The van der Waals surface area contributed by atoms with Gasteiger partial charge in [0.05, 0.1) is 12.6 Å². The zero-order valence-electron chi connectivity index (χ0n) is 30.3. The Hall–Kier alpha value is -5.75. The molecule has 1 heterocycles. The van der Waals surface area contributed by atoms with Gasteiger partial charge in [0.2, 0.25) is 35.4 Å². The maximum absolute atomic E-state index is 13.6. The van der Waals surface area contributed by atoms with Gasteiger partial charge in [0.1, 0.15) is 48.3 Å². The SMILES string of the molecule is CC(NC(=O)C(CO)NC(=O)C(Cc1ccc(O)cc1)NC(=O)C(N)C(C)C)C(=O)N1CCCC1C(=O)NC(Cc1ccc(O)cc1)C(=O)NCC(=O)O. The number of aliphatic hydroxyl groups excluding tert-OH is 1. The van der Waals surface area contributed by atoms with Crippen LogP contribution in [0.5, 0.6) is 11.5 Å². The fourth-order valence-electron chi connectivity index (χ4n) is 5.67. The molecule has 18 heteroatoms. The molecular weight excluding hydrogens is 706 g/mol. The first-order chi connectivity index (χ1) is 25.5. The standard InChI is InChI=1S/C36H49N7O11/c1-19(2)30(37)35(53)41-26(16-22-8-12-24(46)13-9-22)32(50)42-27(18-44)33(51)39-20(3)36(54)43-14-4-5-28(43)34(52)40-25(31(49)38-17-29(47)48)15-21-6-10-23(45)11-7-21/h6-13,19-20,25-28,30,44-46H,4-5,14-18,37H2,1-3H3,(H,38,49)(H,39,51)(H,40,52)(H,41,53)(H,42,50)(H,47,48). The van der Waals surface area contributed by atoms with Crippen LogP contribution in [0.25, 0.3) is 0 Å². The molecule has 6 unspecified atom stereocenters. The Kier molecular flexibility index (Phi) is 15.7. The van der Waals surface area contributed by atoms with E-state index in [0.29, 0.717) is 17.5 Å². The number of nitrogens with one attached hydrogen (secondary N) is 5. The van der Waals surface area contributed by atoms with E-state index in [9.17, 15) is 48.9 Å². The lowest BCUT2D eigenvalue weighted by molar-refractivity contribution is -0.142. The number of likely N-dealkylation sites (tertiary alicyclic amines) is 1. The van der Waals surface area contributed by atoms with Crippen molar-refractivity contribution in [2.75, 3.05) is 19.7 Å². The quantitative estimate of drug-likeness (QED) is 0.0792. The minimum Gasteiger partial charge on any atom is -0.508 e. The van der Waals surface area contributed by atoms with Crippen LogP contribution in [-0.4, -0.2) is 123 Å². The normalized spacial score (nSPS) is 16.6. The first-order valence-electron chi connectivity index (χ1n) is 17.4. The number of nitrogens with zero attached hydrogens (tertiary/aromatic N) is 1. The van der Waals surface area contributed by atoms with Crippen LogP contribution in [0.15, 0.2) is 48.5 Å². The molecule has 6 atom stereocenters. The molecule has 0 saturated carbocycles. The molecule has 0 aliphatic carbocycles. The molecular formula is C36H49N7O11. The van der Waals surface area contributed by atoms with Gasteiger partial charge in [-0.3, -0.25) is 33.6 Å². The van der Waals surface area contributed by atoms with Crippen molar-refractivity contribution in [3.05, 3.63) is 59.7 Å². The number of carbonyl (C=O) groups is 7. The van der Waals surface area contributed by atoms with Gasteiger partial charge in [-0.2, -0.15) is 0 Å². The highest BCUT2D eigenvalue weighted by atomic mass is 16.4. The number of phenols is 2. The van der Waals surface area contributed by atoms with E-state index in [-0.39, 0.29) is 43.2 Å². The van der Waals surface area contributed by atoms with Gasteiger partial charge in [-0.1, -0.05) is 38.1 Å². The van der Waals surface area contributed by atoms with E-state index in [0.717, 1.165) is 0 Å². The van der Waals surface area contributed by atoms with Crippen molar-refractivity contribution in [1.82, 2.24) is 31.5 Å². The lowest BCUT2D eigenvalue weighted by Crippen LogP contribution is -2.60. The molecule has 3 rings (SSSR count). The third kappa shape index (κ3) is 12.4. The number of benzene rings is 2. The molecule has 1 aliphatic rings. The highest BCUT2D eigenvalue weighted by Crippen LogP contribution is 2.20. The maximum atomic E-state index is 13.6. The van der Waals surface area contributed by atoms with E-state index in [4.69, 9.17) is 10.8 Å². The molecule has 0 aromatic heterocycles. The minimum absolute atomic E-state index is 0.0117. The highest BCUT2D eigenvalue weighted by Gasteiger charge is 2.38. The molecule has 2 aromatic carbocycles. The first-order valence-corrected chi connectivity index (χ1v) is 17.4. The predicted molar refractivity (Wildman–Crippen MR) is 192 cm³/mol. The summed E-state index contributed by atoms with van der Waals surface area (Å²) in [6, 6.07) is 4.51. The third-order valence-electron chi connectivity index (χ3n) is 8.84. The monoisotopic (exact) mass is 755 g/mol. The fraction of sp³-hybridized carbons (Fsp3) is 0.472. The number of rotatable bonds is 18. The fourth-order valence-corrected chi connectivity index (χ4v) is 5.67. The Labute approximate surface area is 311 Å². The zero-order chi connectivity index (χ0) is 40.1. The summed E-state index contributed by atoms with van der Waals surface area (Å²) < 4.78 is 0. The first kappa shape index (κ1) is 42.7. The molecule has 6 amide bonds. The van der Waals surface area contributed by atoms with E-state index in [2.05, 4.69) is 26.6 Å². The van der Waals surface area contributed by atoms with Crippen LogP contribution in [0.2, 0.25) is 0 Å². The molecule has 18 nitrogen and oxygen atoms in total. The summed E-state index contributed by atoms with van der Waals surface area (Å²) in [6.45, 7) is 3.39. The lowest BCUT2D eigenvalue weighted by Gasteiger charge is -2.29. The number of phenolic OH excluding ortho intramolecular Hbond substituents is 2.